The van der Waals surface area contributed by atoms with Gasteiger partial charge < -0.3 is 10.1 Å². The van der Waals surface area contributed by atoms with Gasteiger partial charge in [0.2, 0.25) is 10.0 Å². The molecule has 0 radical (unpaired) electrons. The van der Waals surface area contributed by atoms with Gasteiger partial charge in [0.25, 0.3) is 0 Å². The molecule has 8 heteroatoms. The van der Waals surface area contributed by atoms with Crippen molar-refractivity contribution in [3.8, 4) is 0 Å². The Morgan fingerprint density at radius 1 is 1.42 bits per heavy atom. The van der Waals surface area contributed by atoms with Gasteiger partial charge in [-0.3, -0.25) is 0 Å². The van der Waals surface area contributed by atoms with Gasteiger partial charge in [0.15, 0.2) is 0 Å². The topological polar surface area (TPSA) is 80.3 Å². The van der Waals surface area contributed by atoms with Crippen molar-refractivity contribution in [3.05, 3.63) is 16.7 Å². The summed E-state index contributed by atoms with van der Waals surface area (Å²) >= 11 is 3.23. The van der Waals surface area contributed by atoms with Crippen LogP contribution < -0.4 is 10.0 Å². The second-order valence-electron chi connectivity index (χ2n) is 3.63. The van der Waals surface area contributed by atoms with Gasteiger partial charge in [-0.1, -0.05) is 0 Å². The number of rotatable bonds is 8. The molecule has 0 aliphatic rings. The maximum absolute atomic E-state index is 12.2. The van der Waals surface area contributed by atoms with Crippen LogP contribution in [-0.4, -0.2) is 39.7 Å². The van der Waals surface area contributed by atoms with Crippen LogP contribution in [0.5, 0.6) is 0 Å². The van der Waals surface area contributed by atoms with Crippen molar-refractivity contribution in [2.24, 2.45) is 0 Å². The predicted octanol–water partition coefficient (Wildman–Crippen LogP) is 1.59. The smallest absolute Gasteiger partial charge is 0.244 e. The number of hydrogen-bond acceptors (Lipinski definition) is 5. The van der Waals surface area contributed by atoms with Crippen molar-refractivity contribution in [2.45, 2.75) is 18.7 Å². The molecule has 0 saturated heterocycles. The first kappa shape index (κ1) is 16.4. The van der Waals surface area contributed by atoms with Gasteiger partial charge in [-0.05, 0) is 35.8 Å². The Bertz CT molecular complexity index is 508. The lowest BCUT2D eigenvalue weighted by Crippen LogP contribution is -2.28. The van der Waals surface area contributed by atoms with E-state index in [1.807, 2.05) is 13.8 Å². The molecular formula is C11H18BrN3O3S. The number of nitrogens with one attached hydrogen (secondary N) is 2. The van der Waals surface area contributed by atoms with Crippen LogP contribution >= 0.6 is 15.9 Å². The van der Waals surface area contributed by atoms with Crippen molar-refractivity contribution in [2.75, 3.05) is 31.6 Å². The summed E-state index contributed by atoms with van der Waals surface area (Å²) in [6, 6.07) is 1.52. The molecule has 1 rings (SSSR count). The van der Waals surface area contributed by atoms with E-state index >= 15 is 0 Å². The number of halogens is 1. The Hall–Kier alpha value is -0.700. The summed E-state index contributed by atoms with van der Waals surface area (Å²) in [7, 11) is -3.60. The van der Waals surface area contributed by atoms with Crippen LogP contribution in [-0.2, 0) is 14.8 Å². The standard InChI is InChI=1S/C11H18BrN3O3S/c1-3-13-11-10(7-9(12)8-14-11)19(16,17)15-5-6-18-4-2/h7-8,15H,3-6H2,1-2H3,(H,13,14). The second kappa shape index (κ2) is 7.78. The maximum Gasteiger partial charge on any atom is 0.244 e. The lowest BCUT2D eigenvalue weighted by molar-refractivity contribution is 0.153. The molecule has 0 amide bonds. The van der Waals surface area contributed by atoms with E-state index in [1.54, 1.807) is 6.20 Å². The van der Waals surface area contributed by atoms with E-state index in [0.717, 1.165) is 0 Å². The highest BCUT2D eigenvalue weighted by molar-refractivity contribution is 9.10. The third-order valence-corrected chi connectivity index (χ3v) is 4.10. The minimum absolute atomic E-state index is 0.125. The minimum atomic E-state index is -3.60. The van der Waals surface area contributed by atoms with E-state index in [1.165, 1.54) is 6.07 Å². The average molecular weight is 352 g/mol. The Morgan fingerprint density at radius 2 is 2.16 bits per heavy atom. The Morgan fingerprint density at radius 3 is 2.79 bits per heavy atom. The van der Waals surface area contributed by atoms with Crippen LogP contribution in [0.2, 0.25) is 0 Å². The Balaban J connectivity index is 2.89. The van der Waals surface area contributed by atoms with Gasteiger partial charge in [0.05, 0.1) is 6.61 Å². The van der Waals surface area contributed by atoms with Crippen LogP contribution in [0.15, 0.2) is 21.6 Å². The monoisotopic (exact) mass is 351 g/mol. The van der Waals surface area contributed by atoms with Gasteiger partial charge in [-0.2, -0.15) is 0 Å². The van der Waals surface area contributed by atoms with Crippen molar-refractivity contribution < 1.29 is 13.2 Å². The largest absolute Gasteiger partial charge is 0.380 e. The fraction of sp³-hybridized carbons (Fsp3) is 0.545. The Labute approximate surface area is 122 Å². The van der Waals surface area contributed by atoms with E-state index in [4.69, 9.17) is 4.74 Å². The number of anilines is 1. The van der Waals surface area contributed by atoms with Crippen molar-refractivity contribution in [3.63, 3.8) is 0 Å². The van der Waals surface area contributed by atoms with Gasteiger partial charge in [0.1, 0.15) is 10.7 Å². The lowest BCUT2D eigenvalue weighted by atomic mass is 10.4. The zero-order valence-corrected chi connectivity index (χ0v) is 13.3. The van der Waals surface area contributed by atoms with E-state index in [-0.39, 0.29) is 11.4 Å². The number of nitrogens with zero attached hydrogens (tertiary/aromatic N) is 1. The van der Waals surface area contributed by atoms with Crippen LogP contribution in [0.4, 0.5) is 5.82 Å². The van der Waals surface area contributed by atoms with Gasteiger partial charge in [0, 0.05) is 30.4 Å². The first-order valence-corrected chi connectivity index (χ1v) is 8.25. The molecule has 0 saturated carbocycles. The van der Waals surface area contributed by atoms with E-state index < -0.39 is 10.0 Å². The predicted molar refractivity (Wildman–Crippen MR) is 77.8 cm³/mol. The number of sulfonamides is 1. The first-order chi connectivity index (χ1) is 9.01. The molecule has 2 N–H and O–H groups in total. The highest BCUT2D eigenvalue weighted by atomic mass is 79.9. The fourth-order valence-electron chi connectivity index (χ4n) is 1.40. The van der Waals surface area contributed by atoms with Gasteiger partial charge in [-0.25, -0.2) is 18.1 Å². The molecule has 0 spiro atoms. The number of ether oxygens (including phenoxy) is 1. The zero-order valence-electron chi connectivity index (χ0n) is 10.9. The van der Waals surface area contributed by atoms with Crippen molar-refractivity contribution >= 4 is 31.8 Å². The lowest BCUT2D eigenvalue weighted by Gasteiger charge is -2.11. The minimum Gasteiger partial charge on any atom is -0.380 e. The van der Waals surface area contributed by atoms with Crippen LogP contribution in [0.1, 0.15) is 13.8 Å². The Kier molecular flexibility index (Phi) is 6.70. The highest BCUT2D eigenvalue weighted by Gasteiger charge is 2.19. The van der Waals surface area contributed by atoms with E-state index in [2.05, 4.69) is 31.0 Å². The number of pyridine rings is 1. The molecule has 0 bridgehead atoms. The molecule has 0 aliphatic carbocycles. The van der Waals surface area contributed by atoms with Crippen LogP contribution in [0, 0.1) is 0 Å². The third kappa shape index (κ3) is 5.06. The second-order valence-corrected chi connectivity index (χ2v) is 6.28. The quantitative estimate of drug-likeness (QED) is 0.695. The highest BCUT2D eigenvalue weighted by Crippen LogP contribution is 2.22. The molecule has 0 aliphatic heterocycles. The third-order valence-electron chi connectivity index (χ3n) is 2.20. The molecule has 1 aromatic heterocycles. The summed E-state index contributed by atoms with van der Waals surface area (Å²) in [6.07, 6.45) is 1.55. The molecule has 0 aromatic carbocycles. The van der Waals surface area contributed by atoms with Gasteiger partial charge in [-0.15, -0.1) is 0 Å². The summed E-state index contributed by atoms with van der Waals surface area (Å²) in [5, 5.41) is 2.93. The molecule has 0 atom stereocenters. The van der Waals surface area contributed by atoms with Crippen molar-refractivity contribution in [1.82, 2.24) is 9.71 Å². The maximum atomic E-state index is 12.2. The summed E-state index contributed by atoms with van der Waals surface area (Å²) in [4.78, 5) is 4.20. The summed E-state index contributed by atoms with van der Waals surface area (Å²) in [5.41, 5.74) is 0. The zero-order chi connectivity index (χ0) is 14.3. The molecule has 1 heterocycles. The van der Waals surface area contributed by atoms with Crippen molar-refractivity contribution in [1.29, 1.82) is 0 Å². The van der Waals surface area contributed by atoms with Crippen LogP contribution in [0.25, 0.3) is 0 Å². The molecule has 108 valence electrons. The van der Waals surface area contributed by atoms with E-state index in [0.29, 0.717) is 30.0 Å². The van der Waals surface area contributed by atoms with Gasteiger partial charge >= 0.3 is 0 Å². The summed E-state index contributed by atoms with van der Waals surface area (Å²) in [5.74, 6) is 0.342. The molecule has 0 fully saturated rings. The molecule has 0 unspecified atom stereocenters. The van der Waals surface area contributed by atoms with E-state index in [9.17, 15) is 8.42 Å². The molecule has 6 nitrogen and oxygen atoms in total. The molecular weight excluding hydrogens is 334 g/mol. The normalized spacial score (nSPS) is 11.5. The SMILES string of the molecule is CCNc1ncc(Br)cc1S(=O)(=O)NCCOCC. The summed E-state index contributed by atoms with van der Waals surface area (Å²) in [6.45, 7) is 5.46. The fourth-order valence-corrected chi connectivity index (χ4v) is 3.05. The average Bonchev–Trinajstić information content (AvgIpc) is 2.37. The number of aromatic nitrogens is 1. The first-order valence-electron chi connectivity index (χ1n) is 5.98. The molecule has 19 heavy (non-hydrogen) atoms. The molecule has 1 aromatic rings. The van der Waals surface area contributed by atoms with Crippen LogP contribution in [0.3, 0.4) is 0 Å². The summed E-state index contributed by atoms with van der Waals surface area (Å²) < 4.78 is 32.5. The number of hydrogen-bond donors (Lipinski definition) is 2.